The Bertz CT molecular complexity index is 587. The third-order valence-electron chi connectivity index (χ3n) is 2.91. The lowest BCUT2D eigenvalue weighted by atomic mass is 10.2. The van der Waals surface area contributed by atoms with Gasteiger partial charge in [0.15, 0.2) is 9.84 Å². The van der Waals surface area contributed by atoms with E-state index in [1.165, 1.54) is 0 Å². The third-order valence-corrected chi connectivity index (χ3v) is 6.39. The van der Waals surface area contributed by atoms with Gasteiger partial charge in [0.25, 0.3) is 0 Å². The van der Waals surface area contributed by atoms with E-state index in [1.807, 2.05) is 39.8 Å². The monoisotopic (exact) mass is 343 g/mol. The number of benzene rings is 1. The first-order valence-electron chi connectivity index (χ1n) is 7.31. The summed E-state index contributed by atoms with van der Waals surface area (Å²) < 4.78 is 38.3. The molecule has 0 bridgehead atoms. The maximum atomic E-state index is 11.9. The van der Waals surface area contributed by atoms with E-state index < -0.39 is 21.2 Å². The van der Waals surface area contributed by atoms with Crippen LogP contribution in [0.3, 0.4) is 0 Å². The Morgan fingerprint density at radius 2 is 1.82 bits per heavy atom. The summed E-state index contributed by atoms with van der Waals surface area (Å²) >= 11 is -1.09. The molecule has 1 rings (SSSR count). The maximum Gasteiger partial charge on any atom is 0.178 e. The molecular weight excluding hydrogens is 318 g/mol. The predicted molar refractivity (Wildman–Crippen MR) is 93.7 cm³/mol. The van der Waals surface area contributed by atoms with Crippen LogP contribution in [-0.4, -0.2) is 30.0 Å². The molecule has 0 radical (unpaired) electrons. The zero-order valence-corrected chi connectivity index (χ0v) is 15.3. The summed E-state index contributed by atoms with van der Waals surface area (Å²) in [6.07, 6.45) is 4.36. The topological polar surface area (TPSA) is 69.2 Å². The molecule has 0 heterocycles. The molecule has 1 N–H and O–H groups in total. The molecule has 1 aromatic carbocycles. The van der Waals surface area contributed by atoms with Gasteiger partial charge in [0.05, 0.1) is 17.2 Å². The van der Waals surface area contributed by atoms with Crippen molar-refractivity contribution in [1.82, 2.24) is 4.72 Å². The quantitative estimate of drug-likeness (QED) is 0.773. The Morgan fingerprint density at radius 1 is 1.23 bits per heavy atom. The molecule has 0 aromatic heterocycles. The van der Waals surface area contributed by atoms with E-state index in [9.17, 15) is 13.0 Å². The molecule has 0 amide bonds. The van der Waals surface area contributed by atoms with E-state index in [2.05, 4.69) is 4.72 Å². The van der Waals surface area contributed by atoms with Gasteiger partial charge in [-0.3, -0.25) is 0 Å². The minimum Gasteiger partial charge on any atom is -0.598 e. The van der Waals surface area contributed by atoms with Gasteiger partial charge in [-0.2, -0.15) is 0 Å². The highest BCUT2D eigenvalue weighted by molar-refractivity contribution is 7.91. The third kappa shape index (κ3) is 6.12. The van der Waals surface area contributed by atoms with E-state index in [4.69, 9.17) is 0 Å². The van der Waals surface area contributed by atoms with Crippen LogP contribution in [0.15, 0.2) is 35.2 Å². The van der Waals surface area contributed by atoms with Gasteiger partial charge in [-0.05, 0) is 44.9 Å². The van der Waals surface area contributed by atoms with Gasteiger partial charge in [0.2, 0.25) is 0 Å². The molecule has 1 atom stereocenters. The van der Waals surface area contributed by atoms with Crippen molar-refractivity contribution in [2.24, 2.45) is 0 Å². The van der Waals surface area contributed by atoms with Crippen molar-refractivity contribution >= 4 is 27.3 Å². The first kappa shape index (κ1) is 19.2. The summed E-state index contributed by atoms with van der Waals surface area (Å²) in [5, 5.41) is 0. The fourth-order valence-electron chi connectivity index (χ4n) is 1.71. The first-order chi connectivity index (χ1) is 10.2. The van der Waals surface area contributed by atoms with Gasteiger partial charge in [-0.15, -0.1) is 4.72 Å². The summed E-state index contributed by atoms with van der Waals surface area (Å²) in [6.45, 7) is 8.09. The van der Waals surface area contributed by atoms with Gasteiger partial charge in [0, 0.05) is 11.4 Å². The van der Waals surface area contributed by atoms with E-state index in [-0.39, 0.29) is 10.5 Å². The van der Waals surface area contributed by atoms with Gasteiger partial charge < -0.3 is 4.55 Å². The lowest BCUT2D eigenvalue weighted by Crippen LogP contribution is -2.39. The van der Waals surface area contributed by atoms with Crippen LogP contribution in [-0.2, 0) is 21.2 Å². The standard InChI is InChI=1S/C16H25NO3S2/c1-5-13-22(19,20)15-10-8-14(9-11-15)7-6-12-17-21(18)16(2,3)4/h6-11,17H,5,12-13H2,1-4H3. The van der Waals surface area contributed by atoms with Crippen LogP contribution in [0.1, 0.15) is 39.7 Å². The molecule has 0 fully saturated rings. The average Bonchev–Trinajstić information content (AvgIpc) is 2.42. The highest BCUT2D eigenvalue weighted by Crippen LogP contribution is 2.15. The second-order valence-corrected chi connectivity index (χ2v) is 10.2. The van der Waals surface area contributed by atoms with Crippen LogP contribution >= 0.6 is 0 Å². The second kappa shape index (κ2) is 8.15. The van der Waals surface area contributed by atoms with Crippen molar-refractivity contribution in [3.8, 4) is 0 Å². The molecule has 0 aliphatic rings. The van der Waals surface area contributed by atoms with Crippen LogP contribution in [0.2, 0.25) is 0 Å². The number of hydrogen-bond donors (Lipinski definition) is 1. The Kier molecular flexibility index (Phi) is 7.12. The molecule has 1 unspecified atom stereocenters. The van der Waals surface area contributed by atoms with E-state index in [0.717, 1.165) is 5.56 Å². The minimum absolute atomic E-state index is 0.171. The first-order valence-corrected chi connectivity index (χ1v) is 10.1. The minimum atomic E-state index is -3.16. The van der Waals surface area contributed by atoms with Gasteiger partial charge in [-0.25, -0.2) is 8.42 Å². The molecule has 0 saturated heterocycles. The van der Waals surface area contributed by atoms with Gasteiger partial charge in [-0.1, -0.05) is 31.2 Å². The van der Waals surface area contributed by atoms with Crippen LogP contribution in [0.5, 0.6) is 0 Å². The zero-order valence-electron chi connectivity index (χ0n) is 13.6. The summed E-state index contributed by atoms with van der Waals surface area (Å²) in [6, 6.07) is 6.82. The normalized spacial score (nSPS) is 14.4. The SMILES string of the molecule is CCCS(=O)(=O)c1ccc(C=CCN[S+]([O-])C(C)(C)C)cc1. The number of nitrogens with one attached hydrogen (secondary N) is 1. The molecule has 4 nitrogen and oxygen atoms in total. The fraction of sp³-hybridized carbons (Fsp3) is 0.500. The fourth-order valence-corrected chi connectivity index (χ4v) is 3.71. The molecule has 1 aromatic rings. The highest BCUT2D eigenvalue weighted by atomic mass is 32.2. The van der Waals surface area contributed by atoms with Crippen molar-refractivity contribution in [1.29, 1.82) is 0 Å². The lowest BCUT2D eigenvalue weighted by molar-refractivity contribution is 0.548. The average molecular weight is 344 g/mol. The summed E-state index contributed by atoms with van der Waals surface area (Å²) in [5.41, 5.74) is 0.916. The Morgan fingerprint density at radius 3 is 2.32 bits per heavy atom. The largest absolute Gasteiger partial charge is 0.598 e. The Balaban J connectivity index is 2.60. The lowest BCUT2D eigenvalue weighted by Gasteiger charge is -2.22. The molecule has 0 saturated carbocycles. The molecular formula is C16H25NO3S2. The highest BCUT2D eigenvalue weighted by Gasteiger charge is 2.25. The van der Waals surface area contributed by atoms with Gasteiger partial charge >= 0.3 is 0 Å². The van der Waals surface area contributed by atoms with Crippen LogP contribution in [0.25, 0.3) is 6.08 Å². The van der Waals surface area contributed by atoms with E-state index in [1.54, 1.807) is 24.3 Å². The smallest absolute Gasteiger partial charge is 0.178 e. The van der Waals surface area contributed by atoms with E-state index in [0.29, 0.717) is 17.9 Å². The maximum absolute atomic E-state index is 11.9. The molecule has 0 aliphatic heterocycles. The predicted octanol–water partition coefficient (Wildman–Crippen LogP) is 2.94. The van der Waals surface area contributed by atoms with Crippen molar-refractivity contribution in [2.75, 3.05) is 12.3 Å². The summed E-state index contributed by atoms with van der Waals surface area (Å²) in [7, 11) is -3.16. The summed E-state index contributed by atoms with van der Waals surface area (Å²) in [5.74, 6) is 0.171. The van der Waals surface area contributed by atoms with Crippen LogP contribution in [0, 0.1) is 0 Å². The number of sulfone groups is 1. The Hall–Kier alpha value is -0.820. The zero-order chi connectivity index (χ0) is 16.8. The van der Waals surface area contributed by atoms with E-state index >= 15 is 0 Å². The molecule has 6 heteroatoms. The van der Waals surface area contributed by atoms with Crippen LogP contribution in [0.4, 0.5) is 0 Å². The summed E-state index contributed by atoms with van der Waals surface area (Å²) in [4.78, 5) is 0.360. The van der Waals surface area contributed by atoms with Gasteiger partial charge in [0.1, 0.15) is 4.75 Å². The number of rotatable bonds is 7. The molecule has 0 aliphatic carbocycles. The van der Waals surface area contributed by atoms with Crippen molar-refractivity contribution < 1.29 is 13.0 Å². The van der Waals surface area contributed by atoms with Crippen molar-refractivity contribution in [3.63, 3.8) is 0 Å². The Labute approximate surface area is 137 Å². The molecule has 22 heavy (non-hydrogen) atoms. The van der Waals surface area contributed by atoms with Crippen molar-refractivity contribution in [3.05, 3.63) is 35.9 Å². The second-order valence-electron chi connectivity index (χ2n) is 6.02. The number of hydrogen-bond acceptors (Lipinski definition) is 4. The molecule has 124 valence electrons. The molecule has 0 spiro atoms. The van der Waals surface area contributed by atoms with Crippen molar-refractivity contribution in [2.45, 2.75) is 43.8 Å². The van der Waals surface area contributed by atoms with Crippen LogP contribution < -0.4 is 4.72 Å².